The summed E-state index contributed by atoms with van der Waals surface area (Å²) in [6.07, 6.45) is 6.00. The fourth-order valence-corrected chi connectivity index (χ4v) is 2.91. The van der Waals surface area contributed by atoms with E-state index in [1.165, 1.54) is 30.7 Å². The Morgan fingerprint density at radius 1 is 1.28 bits per heavy atom. The van der Waals surface area contributed by atoms with Crippen LogP contribution in [0.3, 0.4) is 0 Å². The Bertz CT molecular complexity index is 890. The highest BCUT2D eigenvalue weighted by Gasteiger charge is 2.24. The van der Waals surface area contributed by atoms with Gasteiger partial charge in [-0.15, -0.1) is 0 Å². The lowest BCUT2D eigenvalue weighted by molar-refractivity contribution is 0.0925. The summed E-state index contributed by atoms with van der Waals surface area (Å²) in [6, 6.07) is 4.85. The first kappa shape index (κ1) is 15.5. The Balaban J connectivity index is 1.38. The molecule has 1 aromatic carbocycles. The fraction of sp³-hybridized carbons (Fsp3) is 0.294. The highest BCUT2D eigenvalue weighted by molar-refractivity contribution is 5.92. The van der Waals surface area contributed by atoms with Gasteiger partial charge in [0.1, 0.15) is 17.0 Å². The molecule has 0 spiro atoms. The zero-order chi connectivity index (χ0) is 17.2. The topological polar surface area (TPSA) is 84.2 Å². The molecule has 0 atom stereocenters. The molecular weight excluding hydrogens is 325 g/mol. The molecular formula is C17H16FN5O2. The van der Waals surface area contributed by atoms with Gasteiger partial charge in [0.05, 0.1) is 6.20 Å². The minimum Gasteiger partial charge on any atom is -0.423 e. The molecule has 3 aromatic rings. The molecule has 4 rings (SSSR count). The van der Waals surface area contributed by atoms with Crippen molar-refractivity contribution in [2.45, 2.75) is 18.9 Å². The molecule has 0 unspecified atom stereocenters. The van der Waals surface area contributed by atoms with Crippen LogP contribution in [0.4, 0.5) is 10.4 Å². The monoisotopic (exact) mass is 341 g/mol. The number of aromatic nitrogens is 3. The molecule has 25 heavy (non-hydrogen) atoms. The second-order valence-corrected chi connectivity index (χ2v) is 5.93. The number of carbonyl (C=O) groups is 1. The molecule has 128 valence electrons. The maximum Gasteiger partial charge on any atom is 0.298 e. The third-order valence-electron chi connectivity index (χ3n) is 4.24. The lowest BCUT2D eigenvalue weighted by atomic mass is 10.1. The van der Waals surface area contributed by atoms with E-state index in [0.717, 1.165) is 12.8 Å². The van der Waals surface area contributed by atoms with Crippen LogP contribution in [0.2, 0.25) is 0 Å². The van der Waals surface area contributed by atoms with Crippen molar-refractivity contribution in [2.75, 3.05) is 18.0 Å². The first-order valence-corrected chi connectivity index (χ1v) is 8.07. The van der Waals surface area contributed by atoms with Crippen LogP contribution in [0.25, 0.3) is 11.1 Å². The first-order valence-electron chi connectivity index (χ1n) is 8.07. The van der Waals surface area contributed by atoms with Crippen molar-refractivity contribution in [3.05, 3.63) is 48.3 Å². The van der Waals surface area contributed by atoms with Gasteiger partial charge in [-0.2, -0.15) is 4.98 Å². The number of hydrogen-bond donors (Lipinski definition) is 1. The Labute approximate surface area is 142 Å². The number of nitrogens with zero attached hydrogens (tertiary/aromatic N) is 4. The number of anilines is 1. The van der Waals surface area contributed by atoms with E-state index in [1.54, 1.807) is 6.07 Å². The van der Waals surface area contributed by atoms with Gasteiger partial charge in [0.25, 0.3) is 11.9 Å². The minimum atomic E-state index is -0.347. The third kappa shape index (κ3) is 3.28. The van der Waals surface area contributed by atoms with Crippen molar-refractivity contribution in [2.24, 2.45) is 0 Å². The second kappa shape index (κ2) is 6.46. The van der Waals surface area contributed by atoms with E-state index in [9.17, 15) is 9.18 Å². The zero-order valence-electron chi connectivity index (χ0n) is 13.4. The average Bonchev–Trinajstić information content (AvgIpc) is 3.06. The molecule has 3 heterocycles. The molecule has 1 aliphatic rings. The normalized spacial score (nSPS) is 15.5. The van der Waals surface area contributed by atoms with Gasteiger partial charge in [0.15, 0.2) is 5.58 Å². The first-order chi connectivity index (χ1) is 12.2. The highest BCUT2D eigenvalue weighted by Crippen LogP contribution is 2.25. The van der Waals surface area contributed by atoms with Gasteiger partial charge in [0, 0.05) is 37.6 Å². The van der Waals surface area contributed by atoms with Crippen LogP contribution in [0.1, 0.15) is 23.3 Å². The van der Waals surface area contributed by atoms with Crippen molar-refractivity contribution >= 4 is 23.0 Å². The number of oxazole rings is 1. The Morgan fingerprint density at radius 3 is 2.88 bits per heavy atom. The van der Waals surface area contributed by atoms with Crippen molar-refractivity contribution in [1.29, 1.82) is 0 Å². The van der Waals surface area contributed by atoms with Gasteiger partial charge in [0.2, 0.25) is 0 Å². The third-order valence-corrected chi connectivity index (χ3v) is 4.24. The maximum atomic E-state index is 13.2. The number of piperidine rings is 1. The number of fused-ring (bicyclic) bond motifs is 1. The molecule has 1 aliphatic heterocycles. The predicted molar refractivity (Wildman–Crippen MR) is 88.7 cm³/mol. The quantitative estimate of drug-likeness (QED) is 0.786. The number of nitrogens with one attached hydrogen (secondary N) is 1. The van der Waals surface area contributed by atoms with Crippen molar-refractivity contribution in [3.63, 3.8) is 0 Å². The summed E-state index contributed by atoms with van der Waals surface area (Å²) in [5, 5.41) is 2.97. The Kier molecular flexibility index (Phi) is 4.01. The van der Waals surface area contributed by atoms with Crippen molar-refractivity contribution in [3.8, 4) is 0 Å². The van der Waals surface area contributed by atoms with Crippen LogP contribution in [0, 0.1) is 5.82 Å². The van der Waals surface area contributed by atoms with Crippen LogP contribution < -0.4 is 10.2 Å². The van der Waals surface area contributed by atoms with Gasteiger partial charge in [-0.25, -0.2) is 9.37 Å². The fourth-order valence-electron chi connectivity index (χ4n) is 2.91. The van der Waals surface area contributed by atoms with E-state index in [1.807, 2.05) is 4.90 Å². The van der Waals surface area contributed by atoms with E-state index in [2.05, 4.69) is 20.3 Å². The van der Waals surface area contributed by atoms with E-state index in [-0.39, 0.29) is 17.8 Å². The van der Waals surface area contributed by atoms with Gasteiger partial charge in [-0.3, -0.25) is 9.78 Å². The van der Waals surface area contributed by atoms with Crippen LogP contribution in [-0.4, -0.2) is 40.0 Å². The maximum absolute atomic E-state index is 13.2. The second-order valence-electron chi connectivity index (χ2n) is 5.93. The van der Waals surface area contributed by atoms with E-state index in [4.69, 9.17) is 4.42 Å². The number of rotatable bonds is 3. The molecule has 1 amide bonds. The summed E-state index contributed by atoms with van der Waals surface area (Å²) in [4.78, 5) is 26.4. The molecule has 8 heteroatoms. The summed E-state index contributed by atoms with van der Waals surface area (Å²) in [6.45, 7) is 1.39. The SMILES string of the molecule is O=C(NC1CCN(c2nc3ccc(F)cc3o2)CC1)c1cnccn1. The van der Waals surface area contributed by atoms with Gasteiger partial charge >= 0.3 is 0 Å². The summed E-state index contributed by atoms with van der Waals surface area (Å²) >= 11 is 0. The smallest absolute Gasteiger partial charge is 0.298 e. The number of carbonyl (C=O) groups excluding carboxylic acids is 1. The Morgan fingerprint density at radius 2 is 2.12 bits per heavy atom. The predicted octanol–water partition coefficient (Wildman–Crippen LogP) is 2.16. The largest absolute Gasteiger partial charge is 0.423 e. The number of hydrogen-bond acceptors (Lipinski definition) is 6. The lowest BCUT2D eigenvalue weighted by Gasteiger charge is -2.31. The molecule has 0 radical (unpaired) electrons. The zero-order valence-corrected chi connectivity index (χ0v) is 13.4. The number of benzene rings is 1. The molecule has 7 nitrogen and oxygen atoms in total. The number of amides is 1. The minimum absolute atomic E-state index is 0.0626. The van der Waals surface area contributed by atoms with Crippen LogP contribution in [0.5, 0.6) is 0 Å². The van der Waals surface area contributed by atoms with Crippen LogP contribution >= 0.6 is 0 Å². The van der Waals surface area contributed by atoms with Gasteiger partial charge < -0.3 is 14.6 Å². The molecule has 1 saturated heterocycles. The highest BCUT2D eigenvalue weighted by atomic mass is 19.1. The summed E-state index contributed by atoms with van der Waals surface area (Å²) < 4.78 is 18.9. The summed E-state index contributed by atoms with van der Waals surface area (Å²) in [5.41, 5.74) is 1.38. The van der Waals surface area contributed by atoms with E-state index in [0.29, 0.717) is 35.9 Å². The van der Waals surface area contributed by atoms with E-state index < -0.39 is 0 Å². The van der Waals surface area contributed by atoms with E-state index >= 15 is 0 Å². The molecule has 0 bridgehead atoms. The Hall–Kier alpha value is -3.03. The number of halogens is 1. The molecule has 0 saturated carbocycles. The van der Waals surface area contributed by atoms with Crippen molar-refractivity contribution in [1.82, 2.24) is 20.3 Å². The van der Waals surface area contributed by atoms with Gasteiger partial charge in [-0.05, 0) is 25.0 Å². The van der Waals surface area contributed by atoms with Crippen LogP contribution in [-0.2, 0) is 0 Å². The summed E-state index contributed by atoms with van der Waals surface area (Å²) in [5.74, 6) is -0.565. The summed E-state index contributed by atoms with van der Waals surface area (Å²) in [7, 11) is 0. The molecule has 2 aromatic heterocycles. The molecule has 1 N–H and O–H groups in total. The van der Waals surface area contributed by atoms with Gasteiger partial charge in [-0.1, -0.05) is 0 Å². The van der Waals surface area contributed by atoms with Crippen molar-refractivity contribution < 1.29 is 13.6 Å². The molecule has 1 fully saturated rings. The standard InChI is InChI=1S/C17H16FN5O2/c18-11-1-2-13-15(9-11)25-17(22-13)23-7-3-12(4-8-23)21-16(24)14-10-19-5-6-20-14/h1-2,5-6,9-10,12H,3-4,7-8H2,(H,21,24). The lowest BCUT2D eigenvalue weighted by Crippen LogP contribution is -2.45. The molecule has 0 aliphatic carbocycles. The average molecular weight is 341 g/mol. The van der Waals surface area contributed by atoms with Crippen LogP contribution in [0.15, 0.2) is 41.2 Å².